The van der Waals surface area contributed by atoms with E-state index in [1.165, 1.54) is 17.0 Å². The first-order valence-electron chi connectivity index (χ1n) is 14.2. The van der Waals surface area contributed by atoms with Gasteiger partial charge in [-0.05, 0) is 43.0 Å². The molecular formula is C32H36Cl3N3O4S. The maximum absolute atomic E-state index is 14.3. The smallest absolute Gasteiger partial charge is 0.244 e. The van der Waals surface area contributed by atoms with Gasteiger partial charge in [-0.15, -0.1) is 0 Å². The Balaban J connectivity index is 1.75. The Labute approximate surface area is 269 Å². The highest BCUT2D eigenvalue weighted by Crippen LogP contribution is 2.36. The van der Waals surface area contributed by atoms with Crippen molar-refractivity contribution in [2.24, 2.45) is 0 Å². The van der Waals surface area contributed by atoms with E-state index < -0.39 is 28.5 Å². The minimum atomic E-state index is -4.01. The van der Waals surface area contributed by atoms with E-state index in [0.717, 1.165) is 59.4 Å². The molecule has 1 N–H and O–H groups in total. The highest BCUT2D eigenvalue weighted by atomic mass is 35.5. The maximum atomic E-state index is 14.3. The van der Waals surface area contributed by atoms with E-state index in [2.05, 4.69) is 5.32 Å². The van der Waals surface area contributed by atoms with E-state index in [1.807, 2.05) is 61.5 Å². The van der Waals surface area contributed by atoms with Gasteiger partial charge in [-0.1, -0.05) is 114 Å². The second kappa shape index (κ2) is 14.8. The zero-order valence-electron chi connectivity index (χ0n) is 24.2. The van der Waals surface area contributed by atoms with Crippen LogP contribution in [0.15, 0.2) is 66.7 Å². The average Bonchev–Trinajstić information content (AvgIpc) is 2.96. The number of halogens is 3. The number of sulfonamides is 1. The number of nitrogens with zero attached hydrogens (tertiary/aromatic N) is 2. The molecule has 1 fully saturated rings. The van der Waals surface area contributed by atoms with Gasteiger partial charge < -0.3 is 10.2 Å². The molecular weight excluding hydrogens is 629 g/mol. The van der Waals surface area contributed by atoms with E-state index in [9.17, 15) is 18.0 Å². The third-order valence-corrected chi connectivity index (χ3v) is 9.75. The van der Waals surface area contributed by atoms with Crippen LogP contribution in [-0.2, 0) is 32.6 Å². The summed E-state index contributed by atoms with van der Waals surface area (Å²) < 4.78 is 27.0. The molecule has 0 spiro atoms. The third-order valence-electron chi connectivity index (χ3n) is 7.60. The summed E-state index contributed by atoms with van der Waals surface area (Å²) in [6.45, 7) is 1.46. The fourth-order valence-electron chi connectivity index (χ4n) is 5.40. The largest absolute Gasteiger partial charge is 0.352 e. The fraction of sp³-hybridized carbons (Fsp3) is 0.375. The van der Waals surface area contributed by atoms with Gasteiger partial charge in [0.1, 0.15) is 12.6 Å². The van der Waals surface area contributed by atoms with E-state index in [1.54, 1.807) is 0 Å². The normalized spacial score (nSPS) is 14.6. The first-order valence-corrected chi connectivity index (χ1v) is 17.2. The molecule has 3 aromatic rings. The van der Waals surface area contributed by atoms with Crippen LogP contribution in [0.1, 0.15) is 48.8 Å². The van der Waals surface area contributed by atoms with Crippen molar-refractivity contribution in [1.82, 2.24) is 10.2 Å². The first kappa shape index (κ1) is 33.1. The van der Waals surface area contributed by atoms with E-state index in [4.69, 9.17) is 34.8 Å². The minimum Gasteiger partial charge on any atom is -0.352 e. The Hall–Kier alpha value is -2.78. The van der Waals surface area contributed by atoms with Gasteiger partial charge in [0.05, 0.1) is 27.0 Å². The number of rotatable bonds is 11. The maximum Gasteiger partial charge on any atom is 0.244 e. The molecule has 0 bridgehead atoms. The molecule has 1 atom stereocenters. The predicted molar refractivity (Wildman–Crippen MR) is 174 cm³/mol. The van der Waals surface area contributed by atoms with Crippen molar-refractivity contribution in [3.63, 3.8) is 0 Å². The molecule has 0 unspecified atom stereocenters. The van der Waals surface area contributed by atoms with Gasteiger partial charge in [0.15, 0.2) is 0 Å². The summed E-state index contributed by atoms with van der Waals surface area (Å²) in [7, 11) is -4.01. The summed E-state index contributed by atoms with van der Waals surface area (Å²) in [6, 6.07) is 18.9. The molecule has 0 aromatic heterocycles. The molecule has 43 heavy (non-hydrogen) atoms. The van der Waals surface area contributed by atoms with Crippen molar-refractivity contribution in [2.45, 2.75) is 64.1 Å². The number of hydrogen-bond donors (Lipinski definition) is 1. The van der Waals surface area contributed by atoms with Crippen LogP contribution in [0.4, 0.5) is 5.69 Å². The Kier molecular flexibility index (Phi) is 11.4. The van der Waals surface area contributed by atoms with Gasteiger partial charge in [-0.25, -0.2) is 8.42 Å². The SMILES string of the molecule is Cc1cccc(CN(C(=O)CN(c2cc(Cl)c(Cl)cc2Cl)S(C)(=O)=O)[C@@H](Cc2ccccc2)C(=O)NC2CCCCC2)c1. The van der Waals surface area contributed by atoms with Crippen molar-refractivity contribution in [2.75, 3.05) is 17.1 Å². The lowest BCUT2D eigenvalue weighted by Gasteiger charge is -2.35. The number of carbonyl (C=O) groups is 2. The molecule has 11 heteroatoms. The molecule has 1 aliphatic rings. The molecule has 230 valence electrons. The van der Waals surface area contributed by atoms with Crippen LogP contribution >= 0.6 is 34.8 Å². The number of nitrogens with one attached hydrogen (secondary N) is 1. The number of carbonyl (C=O) groups excluding carboxylic acids is 2. The third kappa shape index (κ3) is 9.11. The zero-order chi connectivity index (χ0) is 31.1. The highest BCUT2D eigenvalue weighted by molar-refractivity contribution is 7.92. The lowest BCUT2D eigenvalue weighted by atomic mass is 9.94. The van der Waals surface area contributed by atoms with Crippen molar-refractivity contribution in [1.29, 1.82) is 0 Å². The van der Waals surface area contributed by atoms with Crippen LogP contribution < -0.4 is 9.62 Å². The van der Waals surface area contributed by atoms with Crippen molar-refractivity contribution in [3.05, 3.63) is 98.5 Å². The summed E-state index contributed by atoms with van der Waals surface area (Å²) >= 11 is 18.7. The number of aryl methyl sites for hydroxylation is 1. The average molecular weight is 665 g/mol. The molecule has 4 rings (SSSR count). The summed E-state index contributed by atoms with van der Waals surface area (Å²) in [6.07, 6.45) is 6.21. The van der Waals surface area contributed by atoms with E-state index in [0.29, 0.717) is 0 Å². The minimum absolute atomic E-state index is 0.0219. The van der Waals surface area contributed by atoms with Crippen LogP contribution in [0.5, 0.6) is 0 Å². The molecule has 0 heterocycles. The second-order valence-corrected chi connectivity index (χ2v) is 14.2. The Bertz CT molecular complexity index is 1550. The zero-order valence-corrected chi connectivity index (χ0v) is 27.3. The molecule has 1 saturated carbocycles. The molecule has 2 amide bonds. The Morgan fingerprint density at radius 3 is 2.19 bits per heavy atom. The van der Waals surface area contributed by atoms with Gasteiger partial charge in [-0.2, -0.15) is 0 Å². The number of hydrogen-bond acceptors (Lipinski definition) is 4. The van der Waals surface area contributed by atoms with E-state index >= 15 is 0 Å². The lowest BCUT2D eigenvalue weighted by Crippen LogP contribution is -2.55. The van der Waals surface area contributed by atoms with E-state index in [-0.39, 0.29) is 45.7 Å². The quantitative estimate of drug-likeness (QED) is 0.228. The lowest BCUT2D eigenvalue weighted by molar-refractivity contribution is -0.140. The van der Waals surface area contributed by atoms with Gasteiger partial charge >= 0.3 is 0 Å². The second-order valence-electron chi connectivity index (χ2n) is 11.0. The molecule has 3 aromatic carbocycles. The topological polar surface area (TPSA) is 86.8 Å². The van der Waals surface area contributed by atoms with Crippen LogP contribution in [0.2, 0.25) is 15.1 Å². The summed E-state index contributed by atoms with van der Waals surface area (Å²) in [5.74, 6) is -0.830. The predicted octanol–water partition coefficient (Wildman–Crippen LogP) is 6.81. The number of anilines is 1. The summed E-state index contributed by atoms with van der Waals surface area (Å²) in [5.41, 5.74) is 2.71. The monoisotopic (exact) mass is 663 g/mol. The highest BCUT2D eigenvalue weighted by Gasteiger charge is 2.34. The Morgan fingerprint density at radius 1 is 0.884 bits per heavy atom. The number of benzene rings is 3. The fourth-order valence-corrected chi connectivity index (χ4v) is 6.95. The van der Waals surface area contributed by atoms with Crippen LogP contribution in [0.25, 0.3) is 0 Å². The molecule has 1 aliphatic carbocycles. The summed E-state index contributed by atoms with van der Waals surface area (Å²) in [5, 5.41) is 3.46. The summed E-state index contributed by atoms with van der Waals surface area (Å²) in [4.78, 5) is 29.8. The van der Waals surface area contributed by atoms with Crippen LogP contribution in [0, 0.1) is 6.92 Å². The van der Waals surface area contributed by atoms with Gasteiger partial charge in [0.25, 0.3) is 0 Å². The van der Waals surface area contributed by atoms with Crippen molar-refractivity contribution >= 4 is 62.3 Å². The van der Waals surface area contributed by atoms with Crippen molar-refractivity contribution in [3.8, 4) is 0 Å². The Morgan fingerprint density at radius 2 is 1.53 bits per heavy atom. The van der Waals surface area contributed by atoms with Gasteiger partial charge in [0, 0.05) is 19.0 Å². The van der Waals surface area contributed by atoms with Gasteiger partial charge in [0.2, 0.25) is 21.8 Å². The number of amides is 2. The van der Waals surface area contributed by atoms with Crippen molar-refractivity contribution < 1.29 is 18.0 Å². The van der Waals surface area contributed by atoms with Crippen LogP contribution in [-0.4, -0.2) is 50.0 Å². The van der Waals surface area contributed by atoms with Crippen LogP contribution in [0.3, 0.4) is 0 Å². The molecule has 0 aliphatic heterocycles. The standard InChI is InChI=1S/C32H36Cl3N3O4S/c1-22-10-9-13-24(16-22)20-37(31(39)21-38(43(2,41)42)29-19-27(34)26(33)18-28(29)35)30(17-23-11-5-3-6-12-23)32(40)36-25-14-7-4-8-15-25/h3,5-6,9-13,16,18-19,25,30H,4,7-8,14-15,17,20-21H2,1-2H3,(H,36,40)/t30-/m0/s1. The molecule has 7 nitrogen and oxygen atoms in total. The molecule has 0 radical (unpaired) electrons. The molecule has 0 saturated heterocycles. The first-order chi connectivity index (χ1) is 20.4. The van der Waals surface area contributed by atoms with Gasteiger partial charge in [-0.3, -0.25) is 13.9 Å².